The summed E-state index contributed by atoms with van der Waals surface area (Å²) in [6, 6.07) is 17.5. The van der Waals surface area contributed by atoms with E-state index in [-0.39, 0.29) is 30.6 Å². The van der Waals surface area contributed by atoms with Gasteiger partial charge in [0.05, 0.1) is 45.5 Å². The molecule has 3 heterocycles. The molecule has 10 heteroatoms. The van der Waals surface area contributed by atoms with E-state index in [0.717, 1.165) is 36.1 Å². The van der Waals surface area contributed by atoms with Crippen LogP contribution in [0.3, 0.4) is 0 Å². The molecule has 0 bridgehead atoms. The summed E-state index contributed by atoms with van der Waals surface area (Å²) >= 11 is 6.30. The van der Waals surface area contributed by atoms with Gasteiger partial charge >= 0.3 is 0 Å². The molecule has 0 spiro atoms. The van der Waals surface area contributed by atoms with E-state index in [0.29, 0.717) is 51.2 Å². The Morgan fingerprint density at radius 3 is 2.70 bits per heavy atom. The molecule has 0 saturated heterocycles. The Bertz CT molecular complexity index is 1940. The highest BCUT2D eigenvalue weighted by atomic mass is 35.5. The fraction of sp³-hybridized carbons (Fsp3) is 0.265. The molecule has 1 atom stereocenters. The molecule has 222 valence electrons. The fourth-order valence-electron chi connectivity index (χ4n) is 6.52. The molecule has 3 aromatic heterocycles. The highest BCUT2D eigenvalue weighted by Gasteiger charge is 2.54. The number of carbonyl (C=O) groups is 1. The summed E-state index contributed by atoms with van der Waals surface area (Å²) in [6.07, 6.45) is 7.37. The number of rotatable bonds is 7. The number of aromatic amines is 1. The Morgan fingerprint density at radius 2 is 1.95 bits per heavy atom. The molecular formula is C34H30ClFN6O2. The zero-order valence-corrected chi connectivity index (χ0v) is 24.6. The van der Waals surface area contributed by atoms with Gasteiger partial charge in [0.2, 0.25) is 5.91 Å². The Labute approximate surface area is 258 Å². The quantitative estimate of drug-likeness (QED) is 0.242. The third-order valence-electron chi connectivity index (χ3n) is 8.98. The maximum absolute atomic E-state index is 14.8. The van der Waals surface area contributed by atoms with Crippen LogP contribution in [0.2, 0.25) is 5.02 Å². The smallest absolute Gasteiger partial charge is 0.272 e. The first-order valence-electron chi connectivity index (χ1n) is 14.8. The van der Waals surface area contributed by atoms with Crippen molar-refractivity contribution in [3.63, 3.8) is 0 Å². The number of fused-ring (bicyclic) bond motifs is 2. The van der Waals surface area contributed by atoms with Crippen LogP contribution in [0.25, 0.3) is 21.9 Å². The van der Waals surface area contributed by atoms with Crippen LogP contribution in [-0.2, 0) is 29.7 Å². The summed E-state index contributed by atoms with van der Waals surface area (Å²) in [6.45, 7) is 0.420. The first kappa shape index (κ1) is 28.3. The number of halogens is 2. The highest BCUT2D eigenvalue weighted by molar-refractivity contribution is 6.33. The second-order valence-electron chi connectivity index (χ2n) is 11.6. The molecule has 1 amide bonds. The average molecular weight is 609 g/mol. The SMILES string of the molecule is NCc1n[nH]c(=O)c2ccc(C3(C(=O)N(Cc4ccc(-c5c(F)cccc5Cl)cn4)C4CCCc5cccnc54)CC3)cc12. The van der Waals surface area contributed by atoms with Crippen molar-refractivity contribution < 1.29 is 9.18 Å². The lowest BCUT2D eigenvalue weighted by atomic mass is 9.87. The molecule has 44 heavy (non-hydrogen) atoms. The number of H-pyrrole nitrogens is 1. The van der Waals surface area contributed by atoms with Gasteiger partial charge in [0.1, 0.15) is 5.82 Å². The predicted octanol–water partition coefficient (Wildman–Crippen LogP) is 5.77. The maximum Gasteiger partial charge on any atom is 0.272 e. The molecule has 2 aliphatic carbocycles. The molecule has 7 rings (SSSR count). The number of nitrogens with two attached hydrogens (primary N) is 1. The van der Waals surface area contributed by atoms with E-state index >= 15 is 0 Å². The van der Waals surface area contributed by atoms with E-state index in [4.69, 9.17) is 22.3 Å². The number of hydrogen-bond acceptors (Lipinski definition) is 6. The number of pyridine rings is 2. The Balaban J connectivity index is 1.28. The van der Waals surface area contributed by atoms with Gasteiger partial charge < -0.3 is 10.6 Å². The van der Waals surface area contributed by atoms with Crippen molar-refractivity contribution in [2.75, 3.05) is 0 Å². The third kappa shape index (κ3) is 4.86. The minimum atomic E-state index is -0.740. The first-order valence-corrected chi connectivity index (χ1v) is 15.1. The predicted molar refractivity (Wildman–Crippen MR) is 166 cm³/mol. The number of aryl methyl sites for hydroxylation is 1. The molecular weight excluding hydrogens is 579 g/mol. The molecule has 2 aliphatic rings. The van der Waals surface area contributed by atoms with Crippen molar-refractivity contribution in [1.82, 2.24) is 25.1 Å². The number of benzene rings is 2. The fourth-order valence-corrected chi connectivity index (χ4v) is 6.80. The summed E-state index contributed by atoms with van der Waals surface area (Å²) in [4.78, 5) is 38.6. The lowest BCUT2D eigenvalue weighted by molar-refractivity contribution is -0.137. The monoisotopic (exact) mass is 608 g/mol. The second-order valence-corrected chi connectivity index (χ2v) is 12.0. The average Bonchev–Trinajstić information content (AvgIpc) is 3.86. The largest absolute Gasteiger partial charge is 0.327 e. The summed E-state index contributed by atoms with van der Waals surface area (Å²) in [5.74, 6) is -0.426. The second kappa shape index (κ2) is 11.2. The van der Waals surface area contributed by atoms with Gasteiger partial charge in [-0.3, -0.25) is 19.6 Å². The van der Waals surface area contributed by atoms with Crippen LogP contribution in [0.15, 0.2) is 77.9 Å². The Hall–Kier alpha value is -4.47. The maximum atomic E-state index is 14.8. The third-order valence-corrected chi connectivity index (χ3v) is 9.30. The van der Waals surface area contributed by atoms with E-state index in [1.807, 2.05) is 29.2 Å². The van der Waals surface area contributed by atoms with E-state index in [2.05, 4.69) is 21.2 Å². The molecule has 0 aliphatic heterocycles. The van der Waals surface area contributed by atoms with E-state index in [9.17, 15) is 14.0 Å². The van der Waals surface area contributed by atoms with Gasteiger partial charge in [0.25, 0.3) is 5.56 Å². The number of aromatic nitrogens is 4. The summed E-state index contributed by atoms with van der Waals surface area (Å²) in [5.41, 5.74) is 9.92. The van der Waals surface area contributed by atoms with Gasteiger partial charge in [0, 0.05) is 35.5 Å². The minimum absolute atomic E-state index is 0.00419. The number of amides is 1. The first-order chi connectivity index (χ1) is 21.4. The van der Waals surface area contributed by atoms with E-state index in [1.165, 1.54) is 6.07 Å². The Morgan fingerprint density at radius 1 is 1.09 bits per heavy atom. The molecule has 2 aromatic carbocycles. The Kier molecular flexibility index (Phi) is 7.22. The van der Waals surface area contributed by atoms with Crippen molar-refractivity contribution in [2.45, 2.75) is 56.7 Å². The normalized spacial score (nSPS) is 16.8. The van der Waals surface area contributed by atoms with Gasteiger partial charge in [0.15, 0.2) is 0 Å². The van der Waals surface area contributed by atoms with Gasteiger partial charge in [-0.05, 0) is 79.6 Å². The van der Waals surface area contributed by atoms with Crippen molar-refractivity contribution in [3.05, 3.63) is 122 Å². The van der Waals surface area contributed by atoms with Crippen molar-refractivity contribution >= 4 is 28.3 Å². The number of nitrogens with one attached hydrogen (secondary N) is 1. The zero-order chi connectivity index (χ0) is 30.4. The molecule has 0 radical (unpaired) electrons. The summed E-state index contributed by atoms with van der Waals surface area (Å²) < 4.78 is 14.6. The molecule has 1 unspecified atom stereocenters. The number of carbonyl (C=O) groups excluding carboxylic acids is 1. The molecule has 8 nitrogen and oxygen atoms in total. The van der Waals surface area contributed by atoms with Crippen LogP contribution in [0, 0.1) is 5.82 Å². The molecule has 3 N–H and O–H groups in total. The van der Waals surface area contributed by atoms with Crippen molar-refractivity contribution in [3.8, 4) is 11.1 Å². The van der Waals surface area contributed by atoms with E-state index < -0.39 is 11.2 Å². The standard InChI is InChI=1S/C34H30ClFN6O2/c35-26-6-2-7-27(36)30(26)21-9-11-23(39-18-21)19-42(29-8-1-4-20-5-3-15-38-31(20)29)33(44)34(13-14-34)22-10-12-24-25(16-22)28(17-37)40-41-32(24)43/h2-3,5-7,9-12,15-16,18,29H,1,4,8,13-14,17,19,37H2,(H,41,43). The molecule has 1 fully saturated rings. The van der Waals surface area contributed by atoms with Crippen LogP contribution in [-0.4, -0.2) is 31.0 Å². The van der Waals surface area contributed by atoms with E-state index in [1.54, 1.807) is 36.7 Å². The van der Waals surface area contributed by atoms with Crippen molar-refractivity contribution in [1.29, 1.82) is 0 Å². The highest BCUT2D eigenvalue weighted by Crippen LogP contribution is 2.52. The number of hydrogen-bond donors (Lipinski definition) is 2. The van der Waals surface area contributed by atoms with Gasteiger partial charge in [-0.25, -0.2) is 9.49 Å². The van der Waals surface area contributed by atoms with Crippen LogP contribution in [0.4, 0.5) is 4.39 Å². The van der Waals surface area contributed by atoms with Gasteiger partial charge in [-0.2, -0.15) is 5.10 Å². The molecule has 1 saturated carbocycles. The summed E-state index contributed by atoms with van der Waals surface area (Å²) in [7, 11) is 0. The lowest BCUT2D eigenvalue weighted by Gasteiger charge is -2.37. The van der Waals surface area contributed by atoms with Crippen LogP contribution < -0.4 is 11.3 Å². The van der Waals surface area contributed by atoms with Gasteiger partial charge in [-0.1, -0.05) is 35.9 Å². The summed E-state index contributed by atoms with van der Waals surface area (Å²) in [5, 5.41) is 8.10. The topological polar surface area (TPSA) is 118 Å². The van der Waals surface area contributed by atoms with Crippen LogP contribution in [0.1, 0.15) is 59.9 Å². The minimum Gasteiger partial charge on any atom is -0.327 e. The van der Waals surface area contributed by atoms with Crippen LogP contribution >= 0.6 is 11.6 Å². The van der Waals surface area contributed by atoms with Crippen LogP contribution in [0.5, 0.6) is 0 Å². The number of nitrogens with zero attached hydrogens (tertiary/aromatic N) is 4. The lowest BCUT2D eigenvalue weighted by Crippen LogP contribution is -2.43. The van der Waals surface area contributed by atoms with Gasteiger partial charge in [-0.15, -0.1) is 0 Å². The molecule has 5 aromatic rings. The van der Waals surface area contributed by atoms with Crippen molar-refractivity contribution in [2.24, 2.45) is 5.73 Å². The zero-order valence-electron chi connectivity index (χ0n) is 23.9.